The lowest BCUT2D eigenvalue weighted by Gasteiger charge is -2.31. The van der Waals surface area contributed by atoms with Crippen LogP contribution >= 0.6 is 0 Å². The zero-order valence-electron chi connectivity index (χ0n) is 11.7. The average Bonchev–Trinajstić information content (AvgIpc) is 2.28. The fraction of sp³-hybridized carbons (Fsp3) is 0.833. The number of amides is 3. The van der Waals surface area contributed by atoms with Crippen molar-refractivity contribution < 1.29 is 14.7 Å². The van der Waals surface area contributed by atoms with E-state index in [9.17, 15) is 9.59 Å². The Labute approximate surface area is 109 Å². The van der Waals surface area contributed by atoms with Crippen molar-refractivity contribution in [1.82, 2.24) is 15.5 Å². The molecule has 0 heterocycles. The molecule has 3 N–H and O–H groups in total. The van der Waals surface area contributed by atoms with E-state index in [4.69, 9.17) is 5.11 Å². The van der Waals surface area contributed by atoms with Crippen LogP contribution in [0.25, 0.3) is 0 Å². The molecule has 0 fully saturated rings. The molecule has 0 spiro atoms. The molecule has 0 aliphatic rings. The number of aliphatic hydroxyl groups is 1. The van der Waals surface area contributed by atoms with Crippen LogP contribution in [0.1, 0.15) is 34.1 Å². The van der Waals surface area contributed by atoms with Crippen LogP contribution in [0.2, 0.25) is 0 Å². The minimum absolute atomic E-state index is 0.0912. The molecule has 1 atom stereocenters. The summed E-state index contributed by atoms with van der Waals surface area (Å²) >= 11 is 0. The van der Waals surface area contributed by atoms with E-state index in [1.807, 2.05) is 18.7 Å². The Balaban J connectivity index is 4.41. The quantitative estimate of drug-likeness (QED) is 0.615. The van der Waals surface area contributed by atoms with Crippen molar-refractivity contribution in [2.45, 2.75) is 46.2 Å². The Bertz CT molecular complexity index is 269. The summed E-state index contributed by atoms with van der Waals surface area (Å²) < 4.78 is 0. The van der Waals surface area contributed by atoms with Crippen LogP contribution in [0.15, 0.2) is 0 Å². The molecule has 18 heavy (non-hydrogen) atoms. The number of hydrogen-bond acceptors (Lipinski definition) is 4. The molecule has 0 saturated heterocycles. The first-order valence-corrected chi connectivity index (χ1v) is 6.39. The molecule has 3 amide bonds. The predicted octanol–water partition coefficient (Wildman–Crippen LogP) is 0.313. The van der Waals surface area contributed by atoms with E-state index in [0.29, 0.717) is 19.5 Å². The van der Waals surface area contributed by atoms with Crippen LogP contribution in [-0.2, 0) is 4.79 Å². The minimum atomic E-state index is -0.472. The van der Waals surface area contributed by atoms with Gasteiger partial charge in [0.25, 0.3) is 0 Å². The standard InChI is InChI=1S/C12H25N3O3/c1-5-13-12(18)14-11(17)10(4)15(9(2)3)7-6-8-16/h9-10,16H,5-8H2,1-4H3,(H2,13,14,17,18). The summed E-state index contributed by atoms with van der Waals surface area (Å²) in [7, 11) is 0. The molecule has 0 rings (SSSR count). The molecule has 0 radical (unpaired) electrons. The molecule has 0 aromatic rings. The normalized spacial score (nSPS) is 12.6. The van der Waals surface area contributed by atoms with Gasteiger partial charge in [0, 0.05) is 25.7 Å². The van der Waals surface area contributed by atoms with Gasteiger partial charge in [-0.15, -0.1) is 0 Å². The monoisotopic (exact) mass is 259 g/mol. The second-order valence-electron chi connectivity index (χ2n) is 4.43. The highest BCUT2D eigenvalue weighted by Gasteiger charge is 2.24. The maximum Gasteiger partial charge on any atom is 0.321 e. The van der Waals surface area contributed by atoms with Crippen LogP contribution in [-0.4, -0.2) is 53.7 Å². The number of urea groups is 1. The molecule has 0 aromatic carbocycles. The third kappa shape index (κ3) is 5.97. The summed E-state index contributed by atoms with van der Waals surface area (Å²) in [4.78, 5) is 25.1. The van der Waals surface area contributed by atoms with E-state index in [1.165, 1.54) is 0 Å². The second kappa shape index (κ2) is 8.88. The maximum atomic E-state index is 11.9. The minimum Gasteiger partial charge on any atom is -0.396 e. The van der Waals surface area contributed by atoms with Gasteiger partial charge >= 0.3 is 6.03 Å². The number of nitrogens with one attached hydrogen (secondary N) is 2. The molecule has 6 nitrogen and oxygen atoms in total. The van der Waals surface area contributed by atoms with Crippen molar-refractivity contribution in [1.29, 1.82) is 0 Å². The second-order valence-corrected chi connectivity index (χ2v) is 4.43. The molecule has 106 valence electrons. The molecule has 6 heteroatoms. The summed E-state index contributed by atoms with van der Waals surface area (Å²) in [5.74, 6) is -0.326. The zero-order chi connectivity index (χ0) is 14.1. The highest BCUT2D eigenvalue weighted by atomic mass is 16.3. The third-order valence-electron chi connectivity index (χ3n) is 2.69. The van der Waals surface area contributed by atoms with Crippen molar-refractivity contribution >= 4 is 11.9 Å². The summed E-state index contributed by atoms with van der Waals surface area (Å²) in [6.45, 7) is 8.69. The van der Waals surface area contributed by atoms with Gasteiger partial charge in [0.15, 0.2) is 0 Å². The van der Waals surface area contributed by atoms with E-state index in [2.05, 4.69) is 10.6 Å². The molecule has 0 bridgehead atoms. The largest absolute Gasteiger partial charge is 0.396 e. The van der Waals surface area contributed by atoms with Gasteiger partial charge in [-0.3, -0.25) is 15.0 Å². The van der Waals surface area contributed by atoms with Crippen molar-refractivity contribution in [2.75, 3.05) is 19.7 Å². The van der Waals surface area contributed by atoms with Crippen molar-refractivity contribution in [2.24, 2.45) is 0 Å². The molecule has 0 aliphatic carbocycles. The number of carbonyl (C=O) groups is 2. The lowest BCUT2D eigenvalue weighted by Crippen LogP contribution is -2.51. The summed E-state index contributed by atoms with van der Waals surface area (Å²) in [6, 6.07) is -0.703. The van der Waals surface area contributed by atoms with Gasteiger partial charge in [-0.2, -0.15) is 0 Å². The van der Waals surface area contributed by atoms with E-state index in [-0.39, 0.29) is 18.6 Å². The van der Waals surface area contributed by atoms with E-state index < -0.39 is 12.1 Å². The Hall–Kier alpha value is -1.14. The van der Waals surface area contributed by atoms with Crippen LogP contribution in [0, 0.1) is 0 Å². The lowest BCUT2D eigenvalue weighted by molar-refractivity contribution is -0.125. The molecular weight excluding hydrogens is 234 g/mol. The van der Waals surface area contributed by atoms with Crippen LogP contribution < -0.4 is 10.6 Å². The van der Waals surface area contributed by atoms with Crippen molar-refractivity contribution in [3.05, 3.63) is 0 Å². The smallest absolute Gasteiger partial charge is 0.321 e. The Kier molecular flexibility index (Phi) is 8.32. The first kappa shape index (κ1) is 16.9. The lowest BCUT2D eigenvalue weighted by atomic mass is 10.2. The van der Waals surface area contributed by atoms with Crippen LogP contribution in [0.5, 0.6) is 0 Å². The first-order valence-electron chi connectivity index (χ1n) is 6.39. The highest BCUT2D eigenvalue weighted by Crippen LogP contribution is 2.06. The van der Waals surface area contributed by atoms with Crippen LogP contribution in [0.3, 0.4) is 0 Å². The van der Waals surface area contributed by atoms with E-state index in [1.54, 1.807) is 13.8 Å². The number of hydrogen-bond donors (Lipinski definition) is 3. The Morgan fingerprint density at radius 1 is 1.28 bits per heavy atom. The average molecular weight is 259 g/mol. The summed E-state index contributed by atoms with van der Waals surface area (Å²) in [6.07, 6.45) is 0.608. The molecule has 0 aromatic heterocycles. The number of aliphatic hydroxyl groups excluding tert-OH is 1. The molecule has 0 saturated carbocycles. The Morgan fingerprint density at radius 2 is 1.89 bits per heavy atom. The number of nitrogens with zero attached hydrogens (tertiary/aromatic N) is 1. The van der Waals surface area contributed by atoms with E-state index in [0.717, 1.165) is 0 Å². The summed E-state index contributed by atoms with van der Waals surface area (Å²) in [5, 5.41) is 13.7. The predicted molar refractivity (Wildman–Crippen MR) is 70.2 cm³/mol. The van der Waals surface area contributed by atoms with Gasteiger partial charge in [-0.25, -0.2) is 4.79 Å². The number of rotatable bonds is 7. The number of carbonyl (C=O) groups excluding carboxylic acids is 2. The van der Waals surface area contributed by atoms with Crippen LogP contribution in [0.4, 0.5) is 4.79 Å². The van der Waals surface area contributed by atoms with Gasteiger partial charge in [-0.1, -0.05) is 0 Å². The first-order chi connectivity index (χ1) is 8.43. The highest BCUT2D eigenvalue weighted by molar-refractivity contribution is 5.96. The molecule has 1 unspecified atom stereocenters. The Morgan fingerprint density at radius 3 is 2.33 bits per heavy atom. The van der Waals surface area contributed by atoms with Gasteiger partial charge in [-0.05, 0) is 34.1 Å². The molecular formula is C12H25N3O3. The van der Waals surface area contributed by atoms with E-state index >= 15 is 0 Å². The van der Waals surface area contributed by atoms with Crippen molar-refractivity contribution in [3.8, 4) is 0 Å². The third-order valence-corrected chi connectivity index (χ3v) is 2.69. The topological polar surface area (TPSA) is 81.7 Å². The fourth-order valence-corrected chi connectivity index (χ4v) is 1.72. The summed E-state index contributed by atoms with van der Waals surface area (Å²) in [5.41, 5.74) is 0. The fourth-order valence-electron chi connectivity index (χ4n) is 1.72. The van der Waals surface area contributed by atoms with Gasteiger partial charge in [0.05, 0.1) is 6.04 Å². The SMILES string of the molecule is CCNC(=O)NC(=O)C(C)N(CCCO)C(C)C. The molecule has 0 aliphatic heterocycles. The zero-order valence-corrected chi connectivity index (χ0v) is 11.7. The van der Waals surface area contributed by atoms with Gasteiger partial charge in [0.1, 0.15) is 0 Å². The van der Waals surface area contributed by atoms with Gasteiger partial charge < -0.3 is 10.4 Å². The van der Waals surface area contributed by atoms with Gasteiger partial charge in [0.2, 0.25) is 5.91 Å². The van der Waals surface area contributed by atoms with Crippen molar-refractivity contribution in [3.63, 3.8) is 0 Å². The number of imide groups is 1. The maximum absolute atomic E-state index is 11.9.